The fourth-order valence-electron chi connectivity index (χ4n) is 4.28. The lowest BCUT2D eigenvalue weighted by Gasteiger charge is -2.15. The molecule has 0 unspecified atom stereocenters. The maximum absolute atomic E-state index is 15.0. The summed E-state index contributed by atoms with van der Waals surface area (Å²) in [6.07, 6.45) is 0.751. The van der Waals surface area contributed by atoms with E-state index in [9.17, 15) is 14.4 Å². The normalized spacial score (nSPS) is 15.0. The van der Waals surface area contributed by atoms with Crippen molar-refractivity contribution in [2.45, 2.75) is 19.6 Å². The fraction of sp³-hybridized carbons (Fsp3) is 0.179. The number of anilines is 1. The highest BCUT2D eigenvalue weighted by atomic mass is 19.1. The Labute approximate surface area is 212 Å². The number of rotatable bonds is 7. The highest BCUT2D eigenvalue weighted by molar-refractivity contribution is 5.97. The number of aromatic nitrogens is 1. The Morgan fingerprint density at radius 2 is 1.86 bits per heavy atom. The molecule has 1 saturated heterocycles. The number of benzene rings is 3. The number of cyclic esters (lactones) is 1. The van der Waals surface area contributed by atoms with Crippen LogP contribution in [0.3, 0.4) is 0 Å². The molecule has 0 saturated carbocycles. The highest BCUT2D eigenvalue weighted by Gasteiger charge is 2.32. The van der Waals surface area contributed by atoms with E-state index in [4.69, 9.17) is 4.74 Å². The van der Waals surface area contributed by atoms with E-state index in [0.717, 1.165) is 16.5 Å². The third-order valence-electron chi connectivity index (χ3n) is 6.25. The first kappa shape index (κ1) is 24.1. The minimum absolute atomic E-state index is 0.179. The molecular weight excluding hydrogens is 475 g/mol. The minimum atomic E-state index is -0.582. The Bertz CT molecular complexity index is 1480. The Hall–Kier alpha value is -4.66. The number of H-pyrrole nitrogens is 1. The number of fused-ring (bicyclic) bond motifs is 1. The molecule has 1 aromatic heterocycles. The molecule has 188 valence electrons. The molecule has 3 aromatic carbocycles. The summed E-state index contributed by atoms with van der Waals surface area (Å²) in [4.78, 5) is 40.3. The molecule has 0 radical (unpaired) electrons. The first-order valence-corrected chi connectivity index (χ1v) is 11.8. The van der Waals surface area contributed by atoms with Crippen molar-refractivity contribution in [3.63, 3.8) is 0 Å². The van der Waals surface area contributed by atoms with Gasteiger partial charge in [-0.3, -0.25) is 14.5 Å². The molecule has 3 amide bonds. The number of hydrogen-bond donors (Lipinski definition) is 3. The zero-order chi connectivity index (χ0) is 25.9. The van der Waals surface area contributed by atoms with Crippen LogP contribution in [0.25, 0.3) is 22.0 Å². The van der Waals surface area contributed by atoms with Crippen LogP contribution in [0.5, 0.6) is 0 Å². The number of halogens is 1. The molecule has 2 heterocycles. The van der Waals surface area contributed by atoms with Gasteiger partial charge in [-0.15, -0.1) is 0 Å². The van der Waals surface area contributed by atoms with Crippen molar-refractivity contribution in [2.24, 2.45) is 0 Å². The number of nitrogens with one attached hydrogen (secondary N) is 3. The first-order valence-electron chi connectivity index (χ1n) is 11.8. The number of carbonyl (C=O) groups excluding carboxylic acids is 3. The van der Waals surface area contributed by atoms with Gasteiger partial charge in [0.2, 0.25) is 5.91 Å². The van der Waals surface area contributed by atoms with Gasteiger partial charge >= 0.3 is 6.09 Å². The molecule has 5 rings (SSSR count). The van der Waals surface area contributed by atoms with Crippen LogP contribution in [0, 0.1) is 5.82 Å². The molecule has 8 nitrogen and oxygen atoms in total. The Morgan fingerprint density at radius 3 is 2.62 bits per heavy atom. The fourth-order valence-corrected chi connectivity index (χ4v) is 4.28. The molecule has 1 aliphatic heterocycles. The summed E-state index contributed by atoms with van der Waals surface area (Å²) < 4.78 is 20.2. The van der Waals surface area contributed by atoms with Gasteiger partial charge in [-0.25, -0.2) is 9.18 Å². The SMILES string of the molecule is CC(=O)NC[C@H]1CN(c2ccc(-c3ccc(CNC(=O)c4ccc5cc[nH]c5c4)cc3)c(F)c2)C(=O)O1. The van der Waals surface area contributed by atoms with Crippen molar-refractivity contribution < 1.29 is 23.5 Å². The quantitative estimate of drug-likeness (QED) is 0.351. The number of hydrogen-bond acceptors (Lipinski definition) is 4. The van der Waals surface area contributed by atoms with Gasteiger partial charge in [-0.2, -0.15) is 0 Å². The van der Waals surface area contributed by atoms with Gasteiger partial charge in [0.1, 0.15) is 11.9 Å². The van der Waals surface area contributed by atoms with Crippen molar-refractivity contribution in [1.29, 1.82) is 0 Å². The zero-order valence-electron chi connectivity index (χ0n) is 20.1. The summed E-state index contributed by atoms with van der Waals surface area (Å²) in [6, 6.07) is 19.3. The average molecular weight is 501 g/mol. The molecule has 1 fully saturated rings. The van der Waals surface area contributed by atoms with Crippen molar-refractivity contribution in [1.82, 2.24) is 15.6 Å². The van der Waals surface area contributed by atoms with E-state index in [2.05, 4.69) is 15.6 Å². The van der Waals surface area contributed by atoms with Gasteiger partial charge in [-0.05, 0) is 52.9 Å². The lowest BCUT2D eigenvalue weighted by Crippen LogP contribution is -2.33. The monoisotopic (exact) mass is 500 g/mol. The number of amides is 3. The van der Waals surface area contributed by atoms with Crippen LogP contribution in [0.2, 0.25) is 0 Å². The van der Waals surface area contributed by atoms with Crippen LogP contribution in [0.1, 0.15) is 22.8 Å². The lowest BCUT2D eigenvalue weighted by atomic mass is 10.0. The maximum Gasteiger partial charge on any atom is 0.414 e. The predicted octanol–water partition coefficient (Wildman–Crippen LogP) is 4.37. The Kier molecular flexibility index (Phi) is 6.59. The largest absolute Gasteiger partial charge is 0.442 e. The van der Waals surface area contributed by atoms with Crippen LogP contribution < -0.4 is 15.5 Å². The van der Waals surface area contributed by atoms with E-state index in [1.54, 1.807) is 30.3 Å². The molecule has 37 heavy (non-hydrogen) atoms. The van der Waals surface area contributed by atoms with Gasteiger partial charge in [0.25, 0.3) is 5.91 Å². The summed E-state index contributed by atoms with van der Waals surface area (Å²) in [7, 11) is 0. The van der Waals surface area contributed by atoms with Crippen molar-refractivity contribution >= 4 is 34.5 Å². The summed E-state index contributed by atoms with van der Waals surface area (Å²) in [5.41, 5.74) is 3.78. The molecule has 4 aromatic rings. The Balaban J connectivity index is 1.21. The first-order chi connectivity index (χ1) is 17.9. The topological polar surface area (TPSA) is 104 Å². The molecular formula is C28H25FN4O4. The zero-order valence-corrected chi connectivity index (χ0v) is 20.1. The number of carbonyl (C=O) groups is 3. The van der Waals surface area contributed by atoms with Crippen LogP contribution in [0.4, 0.5) is 14.9 Å². The second-order valence-electron chi connectivity index (χ2n) is 8.88. The van der Waals surface area contributed by atoms with Gasteiger partial charge in [0.05, 0.1) is 18.8 Å². The van der Waals surface area contributed by atoms with Crippen LogP contribution in [-0.4, -0.2) is 42.1 Å². The molecule has 0 aliphatic carbocycles. The Morgan fingerprint density at radius 1 is 1.05 bits per heavy atom. The predicted molar refractivity (Wildman–Crippen MR) is 138 cm³/mol. The molecule has 1 atom stereocenters. The van der Waals surface area contributed by atoms with Crippen LogP contribution >= 0.6 is 0 Å². The number of ether oxygens (including phenoxy) is 1. The molecule has 9 heteroatoms. The van der Waals surface area contributed by atoms with E-state index in [1.807, 2.05) is 36.5 Å². The van der Waals surface area contributed by atoms with E-state index in [-0.39, 0.29) is 24.9 Å². The average Bonchev–Trinajstić information content (AvgIpc) is 3.52. The third kappa shape index (κ3) is 5.30. The standard InChI is InChI=1S/C28H25FN4O4/c1-17(34)31-15-23-16-33(28(36)37-23)22-8-9-24(25(29)13-22)19-4-2-18(3-5-19)14-32-27(35)21-7-6-20-10-11-30-26(20)12-21/h2-13,23,30H,14-16H2,1H3,(H,31,34)(H,32,35)/t23-/m0/s1. The number of nitrogens with zero attached hydrogens (tertiary/aromatic N) is 1. The maximum atomic E-state index is 15.0. The van der Waals surface area contributed by atoms with E-state index in [0.29, 0.717) is 28.9 Å². The second-order valence-corrected chi connectivity index (χ2v) is 8.88. The summed E-state index contributed by atoms with van der Waals surface area (Å²) >= 11 is 0. The molecule has 3 N–H and O–H groups in total. The summed E-state index contributed by atoms with van der Waals surface area (Å²) in [5.74, 6) is -0.869. The molecule has 0 spiro atoms. The van der Waals surface area contributed by atoms with Gasteiger partial charge < -0.3 is 20.4 Å². The van der Waals surface area contributed by atoms with Gasteiger partial charge in [-0.1, -0.05) is 30.3 Å². The van der Waals surface area contributed by atoms with Gasteiger partial charge in [0, 0.05) is 36.3 Å². The lowest BCUT2D eigenvalue weighted by molar-refractivity contribution is -0.119. The summed E-state index contributed by atoms with van der Waals surface area (Å²) in [5, 5.41) is 6.56. The van der Waals surface area contributed by atoms with Crippen molar-refractivity contribution in [2.75, 3.05) is 18.0 Å². The second kappa shape index (κ2) is 10.1. The minimum Gasteiger partial charge on any atom is -0.442 e. The summed E-state index contributed by atoms with van der Waals surface area (Å²) in [6.45, 7) is 2.14. The number of aromatic amines is 1. The molecule has 1 aliphatic rings. The van der Waals surface area contributed by atoms with E-state index in [1.165, 1.54) is 17.9 Å². The van der Waals surface area contributed by atoms with Crippen molar-refractivity contribution in [3.05, 3.63) is 89.9 Å². The molecule has 0 bridgehead atoms. The smallest absolute Gasteiger partial charge is 0.414 e. The van der Waals surface area contributed by atoms with E-state index < -0.39 is 18.0 Å². The van der Waals surface area contributed by atoms with Crippen LogP contribution in [-0.2, 0) is 16.1 Å². The van der Waals surface area contributed by atoms with Crippen LogP contribution in [0.15, 0.2) is 72.9 Å². The van der Waals surface area contributed by atoms with E-state index >= 15 is 4.39 Å². The van der Waals surface area contributed by atoms with Crippen molar-refractivity contribution in [3.8, 4) is 11.1 Å². The highest BCUT2D eigenvalue weighted by Crippen LogP contribution is 2.29. The third-order valence-corrected chi connectivity index (χ3v) is 6.25. The van der Waals surface area contributed by atoms with Gasteiger partial charge in [0.15, 0.2) is 0 Å².